The molecule has 3 nitrogen and oxygen atoms in total. The minimum absolute atomic E-state index is 0.106. The fourth-order valence-corrected chi connectivity index (χ4v) is 1.94. The molecule has 0 aliphatic carbocycles. The van der Waals surface area contributed by atoms with Crippen LogP contribution in [0.25, 0.3) is 0 Å². The van der Waals surface area contributed by atoms with Crippen LogP contribution in [0, 0.1) is 0 Å². The summed E-state index contributed by atoms with van der Waals surface area (Å²) in [5, 5.41) is 2.84. The van der Waals surface area contributed by atoms with Crippen LogP contribution in [0.5, 0.6) is 5.75 Å². The van der Waals surface area contributed by atoms with Gasteiger partial charge in [0.15, 0.2) is 0 Å². The molecule has 0 saturated carbocycles. The van der Waals surface area contributed by atoms with Gasteiger partial charge in [-0.3, -0.25) is 4.79 Å². The summed E-state index contributed by atoms with van der Waals surface area (Å²) >= 11 is 8.91. The molecule has 0 radical (unpaired) electrons. The molecule has 0 aliphatic heterocycles. The van der Waals surface area contributed by atoms with Gasteiger partial charge in [0.25, 0.3) is 5.91 Å². The largest absolute Gasteiger partial charge is 0.497 e. The lowest BCUT2D eigenvalue weighted by atomic mass is 10.2. The molecule has 0 aromatic heterocycles. The van der Waals surface area contributed by atoms with Crippen molar-refractivity contribution < 1.29 is 9.53 Å². The molecule has 0 aliphatic rings. The van der Waals surface area contributed by atoms with Gasteiger partial charge in [-0.15, -0.1) is 11.6 Å². The molecule has 0 saturated heterocycles. The third-order valence-electron chi connectivity index (χ3n) is 2.26. The molecule has 1 amide bonds. The molecule has 0 spiro atoms. The number of rotatable bonds is 6. The second kappa shape index (κ2) is 7.56. The highest BCUT2D eigenvalue weighted by molar-refractivity contribution is 9.10. The number of amides is 1. The van der Waals surface area contributed by atoms with Gasteiger partial charge in [0, 0.05) is 16.9 Å². The Bertz CT molecular complexity index is 385. The van der Waals surface area contributed by atoms with E-state index in [2.05, 4.69) is 21.2 Å². The van der Waals surface area contributed by atoms with E-state index in [9.17, 15) is 4.79 Å². The van der Waals surface area contributed by atoms with Crippen molar-refractivity contribution >= 4 is 33.4 Å². The number of hydrogen-bond acceptors (Lipinski definition) is 2. The molecule has 1 N–H and O–H groups in total. The molecular formula is C12H15BrClNO2. The van der Waals surface area contributed by atoms with E-state index >= 15 is 0 Å². The zero-order chi connectivity index (χ0) is 12.7. The van der Waals surface area contributed by atoms with Crippen molar-refractivity contribution in [2.45, 2.75) is 12.8 Å². The third kappa shape index (κ3) is 4.56. The molecule has 5 heteroatoms. The van der Waals surface area contributed by atoms with Crippen LogP contribution in [-0.4, -0.2) is 25.4 Å². The van der Waals surface area contributed by atoms with Crippen molar-refractivity contribution in [1.29, 1.82) is 0 Å². The number of nitrogens with one attached hydrogen (secondary N) is 1. The normalized spacial score (nSPS) is 10.1. The van der Waals surface area contributed by atoms with E-state index in [4.69, 9.17) is 16.3 Å². The first-order valence-electron chi connectivity index (χ1n) is 5.36. The second-order valence-electron chi connectivity index (χ2n) is 3.50. The monoisotopic (exact) mass is 319 g/mol. The van der Waals surface area contributed by atoms with Crippen molar-refractivity contribution in [3.8, 4) is 5.75 Å². The molecule has 1 rings (SSSR count). The fraction of sp³-hybridized carbons (Fsp3) is 0.417. The first kappa shape index (κ1) is 14.3. The topological polar surface area (TPSA) is 38.3 Å². The maximum Gasteiger partial charge on any atom is 0.252 e. The Hall–Kier alpha value is -0.740. The first-order valence-corrected chi connectivity index (χ1v) is 6.69. The molecule has 1 aromatic rings. The Kier molecular flexibility index (Phi) is 6.37. The lowest BCUT2D eigenvalue weighted by Crippen LogP contribution is -2.24. The lowest BCUT2D eigenvalue weighted by Gasteiger charge is -2.08. The molecule has 0 heterocycles. The van der Waals surface area contributed by atoms with Gasteiger partial charge in [-0.2, -0.15) is 0 Å². The Balaban J connectivity index is 2.61. The van der Waals surface area contributed by atoms with Crippen LogP contribution in [0.3, 0.4) is 0 Å². The summed E-state index contributed by atoms with van der Waals surface area (Å²) in [7, 11) is 1.57. The predicted molar refractivity (Wildman–Crippen MR) is 73.0 cm³/mol. The van der Waals surface area contributed by atoms with Gasteiger partial charge in [-0.1, -0.05) is 0 Å². The number of alkyl halides is 1. The van der Waals surface area contributed by atoms with E-state index in [1.54, 1.807) is 25.3 Å². The number of carbonyl (C=O) groups is 1. The van der Waals surface area contributed by atoms with Crippen LogP contribution in [0.2, 0.25) is 0 Å². The molecule has 0 atom stereocenters. The van der Waals surface area contributed by atoms with Crippen LogP contribution in [0.1, 0.15) is 23.2 Å². The molecule has 0 fully saturated rings. The third-order valence-corrected chi connectivity index (χ3v) is 3.22. The van der Waals surface area contributed by atoms with Crippen LogP contribution in [0.4, 0.5) is 0 Å². The van der Waals surface area contributed by atoms with Crippen molar-refractivity contribution in [1.82, 2.24) is 5.32 Å². The van der Waals surface area contributed by atoms with Crippen molar-refractivity contribution in [3.05, 3.63) is 28.2 Å². The Morgan fingerprint density at radius 3 is 2.88 bits per heavy atom. The van der Waals surface area contributed by atoms with E-state index < -0.39 is 0 Å². The van der Waals surface area contributed by atoms with Gasteiger partial charge < -0.3 is 10.1 Å². The SMILES string of the molecule is COc1ccc(Br)c(C(=O)NCCCCCl)c1. The molecule has 0 unspecified atom stereocenters. The molecular weight excluding hydrogens is 305 g/mol. The standard InChI is InChI=1S/C12H15BrClNO2/c1-17-9-4-5-11(13)10(8-9)12(16)15-7-3-2-6-14/h4-5,8H,2-3,6-7H2,1H3,(H,15,16). The number of halogens is 2. The van der Waals surface area contributed by atoms with E-state index in [-0.39, 0.29) is 5.91 Å². The molecule has 94 valence electrons. The second-order valence-corrected chi connectivity index (χ2v) is 4.73. The Labute approximate surface area is 115 Å². The number of hydrogen-bond donors (Lipinski definition) is 1. The van der Waals surface area contributed by atoms with Gasteiger partial charge >= 0.3 is 0 Å². The number of methoxy groups -OCH3 is 1. The zero-order valence-electron chi connectivity index (χ0n) is 9.63. The van der Waals surface area contributed by atoms with Gasteiger partial charge in [-0.25, -0.2) is 0 Å². The highest BCUT2D eigenvalue weighted by atomic mass is 79.9. The molecule has 1 aromatic carbocycles. The van der Waals surface area contributed by atoms with Gasteiger partial charge in [0.1, 0.15) is 5.75 Å². The summed E-state index contributed by atoms with van der Waals surface area (Å²) in [6.45, 7) is 0.634. The average Bonchev–Trinajstić information content (AvgIpc) is 2.35. The maximum atomic E-state index is 11.9. The van der Waals surface area contributed by atoms with Gasteiger partial charge in [-0.05, 0) is 47.0 Å². The highest BCUT2D eigenvalue weighted by Crippen LogP contribution is 2.22. The quantitative estimate of drug-likeness (QED) is 0.645. The summed E-state index contributed by atoms with van der Waals surface area (Å²) in [6.07, 6.45) is 1.79. The van der Waals surface area contributed by atoms with Crippen LogP contribution in [-0.2, 0) is 0 Å². The van der Waals surface area contributed by atoms with Crippen molar-refractivity contribution in [2.24, 2.45) is 0 Å². The highest BCUT2D eigenvalue weighted by Gasteiger charge is 2.10. The van der Waals surface area contributed by atoms with E-state index in [0.717, 1.165) is 17.3 Å². The first-order chi connectivity index (χ1) is 8.19. The van der Waals surface area contributed by atoms with E-state index in [1.807, 2.05) is 0 Å². The summed E-state index contributed by atoms with van der Waals surface area (Å²) in [6, 6.07) is 5.31. The summed E-state index contributed by atoms with van der Waals surface area (Å²) in [4.78, 5) is 11.9. The Morgan fingerprint density at radius 2 is 2.24 bits per heavy atom. The van der Waals surface area contributed by atoms with Gasteiger partial charge in [0.2, 0.25) is 0 Å². The number of benzene rings is 1. The van der Waals surface area contributed by atoms with Gasteiger partial charge in [0.05, 0.1) is 12.7 Å². The maximum absolute atomic E-state index is 11.9. The minimum Gasteiger partial charge on any atom is -0.497 e. The molecule has 0 bridgehead atoms. The summed E-state index contributed by atoms with van der Waals surface area (Å²) < 4.78 is 5.84. The number of unbranched alkanes of at least 4 members (excludes halogenated alkanes) is 1. The van der Waals surface area contributed by atoms with Crippen LogP contribution >= 0.6 is 27.5 Å². The Morgan fingerprint density at radius 1 is 1.47 bits per heavy atom. The average molecular weight is 321 g/mol. The lowest BCUT2D eigenvalue weighted by molar-refractivity contribution is 0.0952. The molecule has 17 heavy (non-hydrogen) atoms. The zero-order valence-corrected chi connectivity index (χ0v) is 12.0. The smallest absolute Gasteiger partial charge is 0.252 e. The summed E-state index contributed by atoms with van der Waals surface area (Å²) in [5.74, 6) is 1.18. The van der Waals surface area contributed by atoms with E-state index in [0.29, 0.717) is 23.7 Å². The number of ether oxygens (including phenoxy) is 1. The van der Waals surface area contributed by atoms with Crippen molar-refractivity contribution in [3.63, 3.8) is 0 Å². The predicted octanol–water partition coefficient (Wildman–Crippen LogP) is 3.21. The summed E-state index contributed by atoms with van der Waals surface area (Å²) in [5.41, 5.74) is 0.579. The van der Waals surface area contributed by atoms with Crippen LogP contribution < -0.4 is 10.1 Å². The van der Waals surface area contributed by atoms with Crippen molar-refractivity contribution in [2.75, 3.05) is 19.5 Å². The van der Waals surface area contributed by atoms with Crippen LogP contribution in [0.15, 0.2) is 22.7 Å². The minimum atomic E-state index is -0.106. The fourth-order valence-electron chi connectivity index (χ4n) is 1.32. The van der Waals surface area contributed by atoms with E-state index in [1.165, 1.54) is 0 Å². The number of carbonyl (C=O) groups excluding carboxylic acids is 1.